The molecule has 2 aliphatic rings. The Balaban J connectivity index is 1.67. The molecule has 2 aromatic rings. The molecule has 1 aliphatic carbocycles. The summed E-state index contributed by atoms with van der Waals surface area (Å²) in [4.78, 5) is 29.3. The smallest absolute Gasteiger partial charge is 0.270 e. The topological polar surface area (TPSA) is 126 Å². The molecule has 1 saturated heterocycles. The van der Waals surface area contributed by atoms with Crippen LogP contribution in [0, 0.1) is 32.8 Å². The Bertz CT molecular complexity index is 1240. The summed E-state index contributed by atoms with van der Waals surface area (Å²) in [5, 5.41) is 34.0. The lowest BCUT2D eigenvalue weighted by molar-refractivity contribution is -0.384. The van der Waals surface area contributed by atoms with Gasteiger partial charge in [-0.3, -0.25) is 14.9 Å². The lowest BCUT2D eigenvalue weighted by atomic mass is 9.96. The Morgan fingerprint density at radius 3 is 2.62 bits per heavy atom. The van der Waals surface area contributed by atoms with Gasteiger partial charge in [0.2, 0.25) is 0 Å². The van der Waals surface area contributed by atoms with Gasteiger partial charge in [0, 0.05) is 54.4 Å². The van der Waals surface area contributed by atoms with Crippen molar-refractivity contribution in [2.45, 2.75) is 25.7 Å². The number of benzene rings is 1. The van der Waals surface area contributed by atoms with E-state index in [9.17, 15) is 25.4 Å². The minimum Gasteiger partial charge on any atom is -0.368 e. The molecule has 4 rings (SSSR count). The number of rotatable bonds is 5. The van der Waals surface area contributed by atoms with Crippen molar-refractivity contribution in [3.8, 4) is 12.1 Å². The van der Waals surface area contributed by atoms with Crippen LogP contribution >= 0.6 is 11.3 Å². The molecule has 0 radical (unpaired) electrons. The second-order valence-electron chi connectivity index (χ2n) is 8.44. The number of aryl methyl sites for hydroxylation is 1. The molecule has 9 nitrogen and oxygen atoms in total. The summed E-state index contributed by atoms with van der Waals surface area (Å²) in [5.74, 6) is -0.631. The number of piperazine rings is 1. The van der Waals surface area contributed by atoms with Gasteiger partial charge in [-0.25, -0.2) is 0 Å². The van der Waals surface area contributed by atoms with E-state index in [0.29, 0.717) is 16.1 Å². The SMILES string of the molecule is CN1CCN(c2ccc([N+](=O)[O-])cc2/C=C(/C#N)C(=O)Nc2sc3c(c2C#N)CCCC3)CC1. The number of non-ortho nitro benzene ring substituents is 1. The quantitative estimate of drug-likeness (QED) is 0.302. The van der Waals surface area contributed by atoms with Crippen molar-refractivity contribution in [3.05, 3.63) is 55.5 Å². The fourth-order valence-corrected chi connectivity index (χ4v) is 5.59. The van der Waals surface area contributed by atoms with Gasteiger partial charge in [-0.05, 0) is 50.4 Å². The standard InChI is InChI=1S/C24H24N6O3S/c1-28-8-10-29(11-9-28)21-7-6-18(30(32)33)13-16(21)12-17(14-25)23(31)27-24-20(15-26)19-4-2-3-5-22(19)34-24/h6-7,12-13H,2-5,8-11H2,1H3,(H,27,31)/b17-12-. The van der Waals surface area contributed by atoms with Crippen molar-refractivity contribution < 1.29 is 9.72 Å². The molecule has 1 aliphatic heterocycles. The summed E-state index contributed by atoms with van der Waals surface area (Å²) in [6.45, 7) is 3.14. The summed E-state index contributed by atoms with van der Waals surface area (Å²) in [6, 6.07) is 8.63. The number of nitrogens with one attached hydrogen (secondary N) is 1. The van der Waals surface area contributed by atoms with Crippen LogP contribution in [-0.2, 0) is 17.6 Å². The maximum absolute atomic E-state index is 13.0. The molecule has 1 N–H and O–H groups in total. The van der Waals surface area contributed by atoms with Crippen molar-refractivity contribution in [1.29, 1.82) is 10.5 Å². The van der Waals surface area contributed by atoms with Crippen molar-refractivity contribution >= 4 is 39.7 Å². The zero-order valence-electron chi connectivity index (χ0n) is 18.8. The lowest BCUT2D eigenvalue weighted by Gasteiger charge is -2.34. The molecular weight excluding hydrogens is 452 g/mol. The summed E-state index contributed by atoms with van der Waals surface area (Å²) in [6.07, 6.45) is 5.16. The van der Waals surface area contributed by atoms with E-state index < -0.39 is 10.8 Å². The summed E-state index contributed by atoms with van der Waals surface area (Å²) in [7, 11) is 2.03. The monoisotopic (exact) mass is 476 g/mol. The molecule has 2 heterocycles. The Hall–Kier alpha value is -3.73. The predicted octanol–water partition coefficient (Wildman–Crippen LogP) is 3.70. The highest BCUT2D eigenvalue weighted by atomic mass is 32.1. The molecule has 0 unspecified atom stereocenters. The molecule has 0 saturated carbocycles. The zero-order chi connectivity index (χ0) is 24.2. The first kappa shape index (κ1) is 23.4. The van der Waals surface area contributed by atoms with Gasteiger partial charge in [0.15, 0.2) is 0 Å². The van der Waals surface area contributed by atoms with E-state index in [1.807, 2.05) is 13.1 Å². The third kappa shape index (κ3) is 4.79. The van der Waals surface area contributed by atoms with Crippen LogP contribution in [0.5, 0.6) is 0 Å². The molecule has 1 aromatic heterocycles. The maximum atomic E-state index is 13.0. The summed E-state index contributed by atoms with van der Waals surface area (Å²) >= 11 is 1.39. The van der Waals surface area contributed by atoms with Crippen LogP contribution in [0.25, 0.3) is 6.08 Å². The molecule has 1 fully saturated rings. The minimum absolute atomic E-state index is 0.112. The number of anilines is 2. The van der Waals surface area contributed by atoms with Crippen LogP contribution in [-0.4, -0.2) is 49.0 Å². The van der Waals surface area contributed by atoms with Crippen molar-refractivity contribution in [1.82, 2.24) is 4.90 Å². The second kappa shape index (κ2) is 10.0. The fourth-order valence-electron chi connectivity index (χ4n) is 4.35. The number of carbonyl (C=O) groups excluding carboxylic acids is 1. The van der Waals surface area contributed by atoms with Gasteiger partial charge >= 0.3 is 0 Å². The molecule has 1 amide bonds. The maximum Gasteiger partial charge on any atom is 0.270 e. The Morgan fingerprint density at radius 1 is 1.21 bits per heavy atom. The molecule has 34 heavy (non-hydrogen) atoms. The van der Waals surface area contributed by atoms with E-state index in [2.05, 4.69) is 21.2 Å². The van der Waals surface area contributed by atoms with Crippen LogP contribution < -0.4 is 10.2 Å². The van der Waals surface area contributed by atoms with E-state index in [1.165, 1.54) is 29.5 Å². The molecule has 0 spiro atoms. The Labute approximate surface area is 201 Å². The third-order valence-corrected chi connectivity index (χ3v) is 7.45. The first-order valence-electron chi connectivity index (χ1n) is 11.1. The number of nitriles is 2. The number of likely N-dealkylation sites (N-methyl/N-ethyl adjacent to an activating group) is 1. The number of carbonyl (C=O) groups is 1. The zero-order valence-corrected chi connectivity index (χ0v) is 19.7. The van der Waals surface area contributed by atoms with Gasteiger partial charge in [0.25, 0.3) is 11.6 Å². The number of thiophene rings is 1. The average molecular weight is 477 g/mol. The number of fused-ring (bicyclic) bond motifs is 1. The highest BCUT2D eigenvalue weighted by Crippen LogP contribution is 2.38. The van der Waals surface area contributed by atoms with Crippen LogP contribution in [0.4, 0.5) is 16.4 Å². The number of hydrogen-bond donors (Lipinski definition) is 1. The van der Waals surface area contributed by atoms with E-state index in [1.54, 1.807) is 6.07 Å². The van der Waals surface area contributed by atoms with Crippen LogP contribution in [0.3, 0.4) is 0 Å². The highest BCUT2D eigenvalue weighted by Gasteiger charge is 2.24. The van der Waals surface area contributed by atoms with Gasteiger partial charge < -0.3 is 15.1 Å². The number of amides is 1. The Kier molecular flexibility index (Phi) is 6.92. The first-order valence-corrected chi connectivity index (χ1v) is 11.9. The summed E-state index contributed by atoms with van der Waals surface area (Å²) in [5.41, 5.74) is 2.36. The largest absolute Gasteiger partial charge is 0.368 e. The minimum atomic E-state index is -0.631. The third-order valence-electron chi connectivity index (χ3n) is 6.24. The number of nitro benzene ring substituents is 1. The van der Waals surface area contributed by atoms with Crippen LogP contribution in [0.15, 0.2) is 23.8 Å². The van der Waals surface area contributed by atoms with Crippen LogP contribution in [0.2, 0.25) is 0 Å². The molecule has 174 valence electrons. The van der Waals surface area contributed by atoms with Gasteiger partial charge in [-0.2, -0.15) is 10.5 Å². The predicted molar refractivity (Wildman–Crippen MR) is 131 cm³/mol. The molecule has 1 aromatic carbocycles. The molecular formula is C24H24N6O3S. The van der Waals surface area contributed by atoms with Crippen molar-refractivity contribution in [3.63, 3.8) is 0 Å². The highest BCUT2D eigenvalue weighted by molar-refractivity contribution is 7.16. The fraction of sp³-hybridized carbons (Fsp3) is 0.375. The number of nitrogens with zero attached hydrogens (tertiary/aromatic N) is 5. The molecule has 0 bridgehead atoms. The van der Waals surface area contributed by atoms with Crippen molar-refractivity contribution in [2.24, 2.45) is 0 Å². The van der Waals surface area contributed by atoms with E-state index >= 15 is 0 Å². The first-order chi connectivity index (χ1) is 16.4. The lowest BCUT2D eigenvalue weighted by Crippen LogP contribution is -2.44. The second-order valence-corrected chi connectivity index (χ2v) is 9.55. The van der Waals surface area contributed by atoms with Gasteiger partial charge in [0.05, 0.1) is 10.5 Å². The normalized spacial score (nSPS) is 16.3. The molecule has 10 heteroatoms. The van der Waals surface area contributed by atoms with E-state index in [-0.39, 0.29) is 11.3 Å². The van der Waals surface area contributed by atoms with E-state index in [4.69, 9.17) is 0 Å². The van der Waals surface area contributed by atoms with Gasteiger partial charge in [-0.15, -0.1) is 11.3 Å². The average Bonchev–Trinajstić information content (AvgIpc) is 3.19. The van der Waals surface area contributed by atoms with Gasteiger partial charge in [-0.1, -0.05) is 0 Å². The van der Waals surface area contributed by atoms with Crippen LogP contribution in [0.1, 0.15) is 34.4 Å². The summed E-state index contributed by atoms with van der Waals surface area (Å²) < 4.78 is 0. The number of hydrogen-bond acceptors (Lipinski definition) is 8. The van der Waals surface area contributed by atoms with E-state index in [0.717, 1.165) is 68.0 Å². The molecule has 0 atom stereocenters. The number of nitro groups is 1. The Morgan fingerprint density at radius 2 is 1.94 bits per heavy atom. The van der Waals surface area contributed by atoms with Crippen molar-refractivity contribution in [2.75, 3.05) is 43.4 Å². The van der Waals surface area contributed by atoms with Gasteiger partial charge in [0.1, 0.15) is 22.7 Å².